The van der Waals surface area contributed by atoms with Crippen LogP contribution in [0.5, 0.6) is 0 Å². The summed E-state index contributed by atoms with van der Waals surface area (Å²) >= 11 is 0. The number of H-pyrrole nitrogens is 1. The summed E-state index contributed by atoms with van der Waals surface area (Å²) in [4.78, 5) is 28.0. The van der Waals surface area contributed by atoms with E-state index >= 15 is 0 Å². The van der Waals surface area contributed by atoms with Gasteiger partial charge in [-0.1, -0.05) is 31.5 Å². The van der Waals surface area contributed by atoms with Crippen LogP contribution in [0.25, 0.3) is 10.8 Å². The van der Waals surface area contributed by atoms with Crippen LogP contribution in [-0.4, -0.2) is 27.1 Å². The van der Waals surface area contributed by atoms with Gasteiger partial charge < -0.3 is 5.32 Å². The van der Waals surface area contributed by atoms with E-state index in [-0.39, 0.29) is 22.7 Å². The molecule has 1 aliphatic carbocycles. The third kappa shape index (κ3) is 4.37. The van der Waals surface area contributed by atoms with Gasteiger partial charge in [-0.3, -0.25) is 14.6 Å². The van der Waals surface area contributed by atoms with E-state index in [4.69, 9.17) is 0 Å². The molecule has 6 nitrogen and oxygen atoms in total. The molecule has 1 aromatic carbocycles. The van der Waals surface area contributed by atoms with Gasteiger partial charge in [0.25, 0.3) is 11.5 Å². The minimum absolute atomic E-state index is 0.0316. The van der Waals surface area contributed by atoms with E-state index in [1.807, 2.05) is 18.2 Å². The molecule has 0 bridgehead atoms. The number of alkyl halides is 3. The predicted octanol–water partition coefficient (Wildman–Crippen LogP) is 4.26. The summed E-state index contributed by atoms with van der Waals surface area (Å²) in [6.45, 7) is 2.11. The van der Waals surface area contributed by atoms with Crippen molar-refractivity contribution in [3.63, 3.8) is 0 Å². The summed E-state index contributed by atoms with van der Waals surface area (Å²) < 4.78 is 38.0. The van der Waals surface area contributed by atoms with Gasteiger partial charge in [-0.15, -0.1) is 0 Å². The van der Waals surface area contributed by atoms with Crippen molar-refractivity contribution < 1.29 is 18.0 Å². The van der Waals surface area contributed by atoms with Crippen LogP contribution in [-0.2, 0) is 12.6 Å². The standard InChI is InChI=1S/C23H23F3N4O2/c1-2-22(10-9-18-16-5-3-4-6-17(16)20(31)30-29-18)11-15(12-22)28-21(32)19-8-7-14(13-27-19)23(24,25)26/h3-8,13,15H,2,9-12H2,1H3,(H,28,32)(H,30,31). The quantitative estimate of drug-likeness (QED) is 0.595. The van der Waals surface area contributed by atoms with E-state index < -0.39 is 17.6 Å². The number of benzene rings is 1. The van der Waals surface area contributed by atoms with Gasteiger partial charge in [0.1, 0.15) is 5.69 Å². The molecule has 9 heteroatoms. The maximum absolute atomic E-state index is 12.7. The molecule has 0 unspecified atom stereocenters. The van der Waals surface area contributed by atoms with Crippen molar-refractivity contribution in [1.29, 1.82) is 0 Å². The zero-order valence-electron chi connectivity index (χ0n) is 17.5. The average molecular weight is 444 g/mol. The van der Waals surface area contributed by atoms with Crippen LogP contribution in [0.2, 0.25) is 0 Å². The number of aromatic nitrogens is 3. The Kier molecular flexibility index (Phi) is 5.75. The highest BCUT2D eigenvalue weighted by Gasteiger charge is 2.43. The molecule has 2 heterocycles. The van der Waals surface area contributed by atoms with Crippen molar-refractivity contribution in [2.24, 2.45) is 5.41 Å². The predicted molar refractivity (Wildman–Crippen MR) is 113 cm³/mol. The molecule has 0 spiro atoms. The van der Waals surface area contributed by atoms with Crippen LogP contribution in [0.3, 0.4) is 0 Å². The van der Waals surface area contributed by atoms with E-state index in [1.54, 1.807) is 6.07 Å². The minimum atomic E-state index is -4.48. The van der Waals surface area contributed by atoms with Gasteiger partial charge in [-0.25, -0.2) is 5.10 Å². The lowest BCUT2D eigenvalue weighted by Crippen LogP contribution is -2.51. The highest BCUT2D eigenvalue weighted by Crippen LogP contribution is 2.47. The minimum Gasteiger partial charge on any atom is -0.348 e. The number of fused-ring (bicyclic) bond motifs is 1. The lowest BCUT2D eigenvalue weighted by Gasteiger charge is -2.48. The van der Waals surface area contributed by atoms with Crippen molar-refractivity contribution in [2.45, 2.75) is 51.2 Å². The maximum Gasteiger partial charge on any atom is 0.417 e. The first-order chi connectivity index (χ1) is 15.2. The van der Waals surface area contributed by atoms with Crippen molar-refractivity contribution in [3.8, 4) is 0 Å². The van der Waals surface area contributed by atoms with Crippen LogP contribution in [0.15, 0.2) is 47.4 Å². The van der Waals surface area contributed by atoms with Gasteiger partial charge in [0, 0.05) is 17.6 Å². The Labute approximate surface area is 182 Å². The van der Waals surface area contributed by atoms with Crippen molar-refractivity contribution in [2.75, 3.05) is 0 Å². The highest BCUT2D eigenvalue weighted by atomic mass is 19.4. The SMILES string of the molecule is CCC1(CCc2n[nH]c(=O)c3ccccc23)CC(NC(=O)c2ccc(C(F)(F)F)cn2)C1. The van der Waals surface area contributed by atoms with E-state index in [9.17, 15) is 22.8 Å². The van der Waals surface area contributed by atoms with Crippen LogP contribution < -0.4 is 10.9 Å². The van der Waals surface area contributed by atoms with Crippen LogP contribution in [0, 0.1) is 5.41 Å². The summed E-state index contributed by atoms with van der Waals surface area (Å²) in [5.74, 6) is -0.471. The zero-order valence-corrected chi connectivity index (χ0v) is 17.5. The molecule has 4 rings (SSSR count). The lowest BCUT2D eigenvalue weighted by molar-refractivity contribution is -0.137. The number of nitrogens with zero attached hydrogens (tertiary/aromatic N) is 2. The molecule has 168 valence electrons. The number of carbonyl (C=O) groups is 1. The first-order valence-electron chi connectivity index (χ1n) is 10.5. The molecule has 2 aromatic heterocycles. The summed E-state index contributed by atoms with van der Waals surface area (Å²) in [6, 6.07) is 9.28. The molecule has 1 aliphatic rings. The Balaban J connectivity index is 1.36. The fraction of sp³-hybridized carbons (Fsp3) is 0.391. The smallest absolute Gasteiger partial charge is 0.348 e. The highest BCUT2D eigenvalue weighted by molar-refractivity contribution is 5.92. The monoisotopic (exact) mass is 444 g/mol. The van der Waals surface area contributed by atoms with Gasteiger partial charge in [0.15, 0.2) is 0 Å². The summed E-state index contributed by atoms with van der Waals surface area (Å²) in [7, 11) is 0. The second-order valence-corrected chi connectivity index (χ2v) is 8.41. The van der Waals surface area contributed by atoms with Gasteiger partial charge >= 0.3 is 6.18 Å². The molecule has 0 aliphatic heterocycles. The molecule has 0 atom stereocenters. The number of hydrogen-bond donors (Lipinski definition) is 2. The number of aromatic amines is 1. The number of amides is 1. The number of carbonyl (C=O) groups excluding carboxylic acids is 1. The Morgan fingerprint density at radius 3 is 2.53 bits per heavy atom. The fourth-order valence-electron chi connectivity index (χ4n) is 4.46. The third-order valence-electron chi connectivity index (χ3n) is 6.43. The van der Waals surface area contributed by atoms with Crippen LogP contribution in [0.4, 0.5) is 13.2 Å². The molecule has 0 radical (unpaired) electrons. The third-order valence-corrected chi connectivity index (χ3v) is 6.43. The second-order valence-electron chi connectivity index (χ2n) is 8.41. The van der Waals surface area contributed by atoms with Crippen molar-refractivity contribution in [3.05, 3.63) is 69.9 Å². The molecule has 1 fully saturated rings. The van der Waals surface area contributed by atoms with Gasteiger partial charge in [0.2, 0.25) is 0 Å². The molecular formula is C23H23F3N4O2. The number of hydrogen-bond acceptors (Lipinski definition) is 4. The Morgan fingerprint density at radius 2 is 1.91 bits per heavy atom. The Bertz CT molecular complexity index is 1180. The summed E-state index contributed by atoms with van der Waals surface area (Å²) in [6.07, 6.45) is 0.230. The number of nitrogens with one attached hydrogen (secondary N) is 2. The van der Waals surface area contributed by atoms with E-state index in [1.165, 1.54) is 0 Å². The Morgan fingerprint density at radius 1 is 1.19 bits per heavy atom. The second kappa shape index (κ2) is 8.37. The molecule has 0 saturated heterocycles. The molecule has 2 N–H and O–H groups in total. The van der Waals surface area contributed by atoms with Gasteiger partial charge in [-0.05, 0) is 49.3 Å². The van der Waals surface area contributed by atoms with Crippen LogP contribution in [0.1, 0.15) is 54.4 Å². The molecule has 3 aromatic rings. The summed E-state index contributed by atoms with van der Waals surface area (Å²) in [5.41, 5.74) is -0.237. The number of halogens is 3. The first-order valence-corrected chi connectivity index (χ1v) is 10.5. The van der Waals surface area contributed by atoms with Crippen molar-refractivity contribution >= 4 is 16.7 Å². The number of pyridine rings is 1. The molecule has 32 heavy (non-hydrogen) atoms. The van der Waals surface area contributed by atoms with E-state index in [0.29, 0.717) is 18.0 Å². The molecular weight excluding hydrogens is 421 g/mol. The van der Waals surface area contributed by atoms with E-state index in [2.05, 4.69) is 27.4 Å². The normalized spacial score (nSPS) is 20.7. The molecule has 1 saturated carbocycles. The summed E-state index contributed by atoms with van der Waals surface area (Å²) in [5, 5.41) is 11.1. The topological polar surface area (TPSA) is 87.7 Å². The van der Waals surface area contributed by atoms with E-state index in [0.717, 1.165) is 48.9 Å². The van der Waals surface area contributed by atoms with Gasteiger partial charge in [-0.2, -0.15) is 18.3 Å². The zero-order chi connectivity index (χ0) is 22.9. The number of rotatable bonds is 6. The average Bonchev–Trinajstić information content (AvgIpc) is 2.76. The molecule has 1 amide bonds. The largest absolute Gasteiger partial charge is 0.417 e. The van der Waals surface area contributed by atoms with Crippen molar-refractivity contribution in [1.82, 2.24) is 20.5 Å². The Hall–Kier alpha value is -3.23. The lowest BCUT2D eigenvalue weighted by atomic mass is 9.61. The first kappa shape index (κ1) is 22.0. The van der Waals surface area contributed by atoms with Gasteiger partial charge in [0.05, 0.1) is 16.6 Å². The van der Waals surface area contributed by atoms with Crippen LogP contribution >= 0.6 is 0 Å². The maximum atomic E-state index is 12.7. The number of aryl methyl sites for hydroxylation is 1. The fourth-order valence-corrected chi connectivity index (χ4v) is 4.46.